The first-order chi connectivity index (χ1) is 24.1. The Balaban J connectivity index is 1.32. The second-order valence-corrected chi connectivity index (χ2v) is 12.5. The summed E-state index contributed by atoms with van der Waals surface area (Å²) < 4.78 is 16.9. The molecule has 0 saturated carbocycles. The molecular weight excluding hydrogens is 679 g/mol. The molecule has 0 heterocycles. The first kappa shape index (κ1) is 38.0. The van der Waals surface area contributed by atoms with E-state index in [0.29, 0.717) is 51.1 Å². The molecule has 1 atom stereocenters. The van der Waals surface area contributed by atoms with Crippen LogP contribution in [0.25, 0.3) is 0 Å². The molecule has 0 aliphatic heterocycles. The first-order valence-corrected chi connectivity index (χ1v) is 17.1. The highest BCUT2D eigenvalue weighted by Gasteiger charge is 2.21. The minimum absolute atomic E-state index is 0.170. The molecule has 0 saturated heterocycles. The van der Waals surface area contributed by atoms with Crippen molar-refractivity contribution in [1.29, 1.82) is 0 Å². The summed E-state index contributed by atoms with van der Waals surface area (Å²) in [5.74, 6) is -0.467. The van der Waals surface area contributed by atoms with E-state index in [9.17, 15) is 19.2 Å². The fourth-order valence-electron chi connectivity index (χ4n) is 4.98. The summed E-state index contributed by atoms with van der Waals surface area (Å²) in [7, 11) is 1.45. The molecule has 0 aromatic heterocycles. The monoisotopic (exact) mass is 718 g/mol. The summed E-state index contributed by atoms with van der Waals surface area (Å²) in [6.07, 6.45) is 5.91. The van der Waals surface area contributed by atoms with E-state index in [2.05, 4.69) is 17.6 Å². The van der Waals surface area contributed by atoms with E-state index in [-0.39, 0.29) is 23.0 Å². The number of benzene rings is 4. The fourth-order valence-corrected chi connectivity index (χ4v) is 5.28. The second-order valence-electron chi connectivity index (χ2n) is 11.7. The van der Waals surface area contributed by atoms with Crippen LogP contribution in [0.2, 0.25) is 10.0 Å². The van der Waals surface area contributed by atoms with E-state index >= 15 is 0 Å². The molecule has 2 amide bonds. The third-order valence-electron chi connectivity index (χ3n) is 7.86. The minimum Gasteiger partial charge on any atom is -0.494 e. The van der Waals surface area contributed by atoms with Crippen molar-refractivity contribution in [2.45, 2.75) is 58.4 Å². The summed E-state index contributed by atoms with van der Waals surface area (Å²) in [6, 6.07) is 21.7. The van der Waals surface area contributed by atoms with Crippen LogP contribution in [0.15, 0.2) is 84.9 Å². The number of carbonyl (C=O) groups is 4. The minimum atomic E-state index is -0.841. The maximum atomic E-state index is 13.1. The SMILES string of the molecule is CCCCCCCOc1ccc(C(=O)Oc2ccc(CC(NC(=O)c3ccc(NC(=O)c4ccc(Cl)c(Cl)c4)cc3)C(C)=O)cc2OC)cc1. The zero-order chi connectivity index (χ0) is 36.0. The lowest BCUT2D eigenvalue weighted by atomic mass is 10.0. The van der Waals surface area contributed by atoms with Crippen molar-refractivity contribution < 1.29 is 33.4 Å². The van der Waals surface area contributed by atoms with Crippen molar-refractivity contribution in [2.75, 3.05) is 19.0 Å². The first-order valence-electron chi connectivity index (χ1n) is 16.4. The number of ether oxygens (including phenoxy) is 3. The van der Waals surface area contributed by atoms with Gasteiger partial charge in [-0.3, -0.25) is 14.4 Å². The molecule has 4 aromatic carbocycles. The Morgan fingerprint density at radius 1 is 0.720 bits per heavy atom. The molecule has 1 unspecified atom stereocenters. The van der Waals surface area contributed by atoms with Crippen molar-refractivity contribution in [3.63, 3.8) is 0 Å². The molecule has 0 aliphatic rings. The lowest BCUT2D eigenvalue weighted by molar-refractivity contribution is -0.118. The zero-order valence-corrected chi connectivity index (χ0v) is 29.7. The number of ketones is 1. The summed E-state index contributed by atoms with van der Waals surface area (Å²) in [5, 5.41) is 6.11. The van der Waals surface area contributed by atoms with Crippen molar-refractivity contribution in [3.05, 3.63) is 117 Å². The Labute approximate surface area is 302 Å². The van der Waals surface area contributed by atoms with Gasteiger partial charge < -0.3 is 24.8 Å². The summed E-state index contributed by atoms with van der Waals surface area (Å²) >= 11 is 11.9. The van der Waals surface area contributed by atoms with Gasteiger partial charge in [0.05, 0.1) is 35.4 Å². The molecule has 0 spiro atoms. The highest BCUT2D eigenvalue weighted by atomic mass is 35.5. The maximum absolute atomic E-state index is 13.1. The number of carbonyl (C=O) groups excluding carboxylic acids is 4. The standard InChI is InChI=1S/C39H40Cl2N2O7/c1-4-5-6-7-8-21-49-31-17-12-28(13-18-31)39(47)50-35-20-9-26(23-36(35)48-3)22-34(25(2)44)43-37(45)27-10-15-30(16-11-27)42-38(46)29-14-19-32(40)33(41)24-29/h9-20,23-24,34H,4-8,21-22H2,1-3H3,(H,42,46)(H,43,45). The smallest absolute Gasteiger partial charge is 0.343 e. The normalized spacial score (nSPS) is 11.3. The van der Waals surface area contributed by atoms with Gasteiger partial charge in [-0.15, -0.1) is 0 Å². The van der Waals surface area contributed by atoms with Gasteiger partial charge in [0.1, 0.15) is 5.75 Å². The lowest BCUT2D eigenvalue weighted by Gasteiger charge is -2.17. The zero-order valence-electron chi connectivity index (χ0n) is 28.2. The average Bonchev–Trinajstić information content (AvgIpc) is 3.11. The van der Waals surface area contributed by atoms with Crippen LogP contribution in [0, 0.1) is 0 Å². The summed E-state index contributed by atoms with van der Waals surface area (Å²) in [5.41, 5.74) is 2.12. The van der Waals surface area contributed by atoms with Gasteiger partial charge in [-0.1, -0.05) is 61.9 Å². The molecule has 11 heteroatoms. The van der Waals surface area contributed by atoms with E-state index in [1.165, 1.54) is 45.4 Å². The predicted octanol–water partition coefficient (Wildman–Crippen LogP) is 8.75. The lowest BCUT2D eigenvalue weighted by Crippen LogP contribution is -2.41. The van der Waals surface area contributed by atoms with Crippen LogP contribution in [0.3, 0.4) is 0 Å². The number of hydrogen-bond acceptors (Lipinski definition) is 7. The topological polar surface area (TPSA) is 120 Å². The number of halogens is 2. The van der Waals surface area contributed by atoms with Gasteiger partial charge in [0, 0.05) is 16.8 Å². The van der Waals surface area contributed by atoms with Gasteiger partial charge in [-0.05, 0) is 104 Å². The molecular formula is C39H40Cl2N2O7. The maximum Gasteiger partial charge on any atom is 0.343 e. The molecule has 50 heavy (non-hydrogen) atoms. The number of esters is 1. The summed E-state index contributed by atoms with van der Waals surface area (Å²) in [6.45, 7) is 4.20. The van der Waals surface area contributed by atoms with E-state index < -0.39 is 23.8 Å². The van der Waals surface area contributed by atoms with Crippen LogP contribution >= 0.6 is 23.2 Å². The fraction of sp³-hybridized carbons (Fsp3) is 0.282. The quantitative estimate of drug-likeness (QED) is 0.0636. The molecule has 0 fully saturated rings. The summed E-state index contributed by atoms with van der Waals surface area (Å²) in [4.78, 5) is 51.1. The van der Waals surface area contributed by atoms with E-state index in [1.54, 1.807) is 72.8 Å². The number of nitrogens with one attached hydrogen (secondary N) is 2. The number of amides is 2. The highest BCUT2D eigenvalue weighted by molar-refractivity contribution is 6.42. The third kappa shape index (κ3) is 11.1. The third-order valence-corrected chi connectivity index (χ3v) is 8.60. The largest absolute Gasteiger partial charge is 0.494 e. The van der Waals surface area contributed by atoms with Crippen LogP contribution in [-0.2, 0) is 11.2 Å². The van der Waals surface area contributed by atoms with Crippen molar-refractivity contribution in [3.8, 4) is 17.2 Å². The van der Waals surface area contributed by atoms with E-state index in [0.717, 1.165) is 12.8 Å². The second kappa shape index (κ2) is 18.8. The molecule has 9 nitrogen and oxygen atoms in total. The van der Waals surface area contributed by atoms with Gasteiger partial charge in [-0.2, -0.15) is 0 Å². The van der Waals surface area contributed by atoms with Crippen LogP contribution < -0.4 is 24.8 Å². The number of unbranched alkanes of at least 4 members (excludes halogenated alkanes) is 4. The molecule has 0 bridgehead atoms. The van der Waals surface area contributed by atoms with Crippen molar-refractivity contribution in [2.24, 2.45) is 0 Å². The molecule has 4 rings (SSSR count). The average molecular weight is 720 g/mol. The van der Waals surface area contributed by atoms with Gasteiger partial charge in [0.25, 0.3) is 11.8 Å². The predicted molar refractivity (Wildman–Crippen MR) is 195 cm³/mol. The number of rotatable bonds is 17. The van der Waals surface area contributed by atoms with Gasteiger partial charge >= 0.3 is 5.97 Å². The van der Waals surface area contributed by atoms with E-state index in [4.69, 9.17) is 37.4 Å². The Morgan fingerprint density at radius 3 is 2.06 bits per heavy atom. The van der Waals surface area contributed by atoms with Gasteiger partial charge in [-0.25, -0.2) is 4.79 Å². The molecule has 4 aromatic rings. The Hall–Kier alpha value is -4.86. The van der Waals surface area contributed by atoms with Gasteiger partial charge in [0.15, 0.2) is 17.3 Å². The van der Waals surface area contributed by atoms with Crippen molar-refractivity contribution in [1.82, 2.24) is 5.32 Å². The van der Waals surface area contributed by atoms with Crippen LogP contribution in [0.1, 0.15) is 82.6 Å². The molecule has 262 valence electrons. The number of anilines is 1. The van der Waals surface area contributed by atoms with Gasteiger partial charge in [0.2, 0.25) is 0 Å². The molecule has 2 N–H and O–H groups in total. The number of methoxy groups -OCH3 is 1. The molecule has 0 aliphatic carbocycles. The Morgan fingerprint density at radius 2 is 1.40 bits per heavy atom. The van der Waals surface area contributed by atoms with Crippen LogP contribution in [0.4, 0.5) is 5.69 Å². The Kier molecular flexibility index (Phi) is 14.3. The molecule has 0 radical (unpaired) electrons. The van der Waals surface area contributed by atoms with E-state index in [1.807, 2.05) is 0 Å². The van der Waals surface area contributed by atoms with Crippen LogP contribution in [0.5, 0.6) is 17.2 Å². The number of hydrogen-bond donors (Lipinski definition) is 2. The highest BCUT2D eigenvalue weighted by Crippen LogP contribution is 2.30. The van der Waals surface area contributed by atoms with Crippen LogP contribution in [-0.4, -0.2) is 43.3 Å². The van der Waals surface area contributed by atoms with Crippen molar-refractivity contribution >= 4 is 52.5 Å². The number of Topliss-reactive ketones (excluding diaryl/α,β-unsaturated/α-hetero) is 1. The Bertz CT molecular complexity index is 1790.